The number of likely N-dealkylation sites (N-methyl/N-ethyl adjacent to an activating group) is 1. The first kappa shape index (κ1) is 12.6. The van der Waals surface area contributed by atoms with Crippen LogP contribution in [0.5, 0.6) is 0 Å². The van der Waals surface area contributed by atoms with E-state index >= 15 is 0 Å². The van der Waals surface area contributed by atoms with Crippen LogP contribution in [0.25, 0.3) is 0 Å². The van der Waals surface area contributed by atoms with Crippen LogP contribution in [0.15, 0.2) is 12.3 Å². The normalized spacial score (nSPS) is 21.2. The van der Waals surface area contributed by atoms with E-state index in [2.05, 4.69) is 33.0 Å². The monoisotopic (exact) mass is 236 g/mol. The van der Waals surface area contributed by atoms with Crippen LogP contribution in [0, 0.1) is 0 Å². The molecule has 0 saturated carbocycles. The van der Waals surface area contributed by atoms with E-state index in [1.165, 1.54) is 25.1 Å². The average molecular weight is 236 g/mol. The maximum atomic E-state index is 4.52. The molecule has 0 amide bonds. The van der Waals surface area contributed by atoms with Gasteiger partial charge >= 0.3 is 0 Å². The average Bonchev–Trinajstić information content (AvgIpc) is 2.96. The molecule has 2 heterocycles. The summed E-state index contributed by atoms with van der Waals surface area (Å²) in [6.07, 6.45) is 5.51. The molecule has 0 aromatic carbocycles. The second-order valence-electron chi connectivity index (χ2n) is 4.81. The number of nitrogens with zero attached hydrogens (tertiary/aromatic N) is 3. The van der Waals surface area contributed by atoms with Crippen LogP contribution in [0.1, 0.15) is 31.5 Å². The Hall–Kier alpha value is -0.870. The van der Waals surface area contributed by atoms with E-state index in [0.717, 1.165) is 26.1 Å². The fraction of sp³-hybridized carbons (Fsp3) is 0.769. The fourth-order valence-electron chi connectivity index (χ4n) is 2.61. The third-order valence-corrected chi connectivity index (χ3v) is 3.65. The van der Waals surface area contributed by atoms with Crippen molar-refractivity contribution in [1.29, 1.82) is 0 Å². The number of hydrogen-bond donors (Lipinski definition) is 1. The molecular formula is C13H24N4. The van der Waals surface area contributed by atoms with Gasteiger partial charge < -0.3 is 10.2 Å². The Morgan fingerprint density at radius 3 is 3.12 bits per heavy atom. The van der Waals surface area contributed by atoms with Gasteiger partial charge in [-0.25, -0.2) is 0 Å². The lowest BCUT2D eigenvalue weighted by molar-refractivity contribution is 0.333. The Bertz CT molecular complexity index is 334. The molecule has 96 valence electrons. The van der Waals surface area contributed by atoms with Crippen molar-refractivity contribution in [3.8, 4) is 0 Å². The Balaban J connectivity index is 1.94. The van der Waals surface area contributed by atoms with Gasteiger partial charge in [-0.3, -0.25) is 4.68 Å². The molecule has 1 N–H and O–H groups in total. The van der Waals surface area contributed by atoms with Crippen molar-refractivity contribution < 1.29 is 0 Å². The Kier molecular flexibility index (Phi) is 4.57. The molecule has 4 nitrogen and oxygen atoms in total. The van der Waals surface area contributed by atoms with Gasteiger partial charge in [0.2, 0.25) is 0 Å². The second-order valence-corrected chi connectivity index (χ2v) is 4.81. The van der Waals surface area contributed by atoms with E-state index in [1.54, 1.807) is 0 Å². The van der Waals surface area contributed by atoms with Crippen molar-refractivity contribution in [3.05, 3.63) is 18.0 Å². The van der Waals surface area contributed by atoms with Gasteiger partial charge in [0.25, 0.3) is 0 Å². The van der Waals surface area contributed by atoms with E-state index in [4.69, 9.17) is 0 Å². The molecule has 1 atom stereocenters. The summed E-state index contributed by atoms with van der Waals surface area (Å²) in [4.78, 5) is 2.50. The lowest BCUT2D eigenvalue weighted by atomic mass is 10.2. The van der Waals surface area contributed by atoms with Gasteiger partial charge in [-0.2, -0.15) is 5.10 Å². The maximum absolute atomic E-state index is 4.52. The van der Waals surface area contributed by atoms with Gasteiger partial charge in [0.15, 0.2) is 0 Å². The highest BCUT2D eigenvalue weighted by Gasteiger charge is 2.24. The Labute approximate surface area is 104 Å². The molecule has 0 spiro atoms. The van der Waals surface area contributed by atoms with Crippen LogP contribution < -0.4 is 5.32 Å². The summed E-state index contributed by atoms with van der Waals surface area (Å²) in [5, 5.41) is 7.71. The summed E-state index contributed by atoms with van der Waals surface area (Å²) in [5.74, 6) is 0. The molecule has 4 heteroatoms. The van der Waals surface area contributed by atoms with Gasteiger partial charge in [0, 0.05) is 25.0 Å². The number of nitrogens with one attached hydrogen (secondary N) is 1. The molecule has 1 aromatic heterocycles. The highest BCUT2D eigenvalue weighted by atomic mass is 15.3. The zero-order chi connectivity index (χ0) is 12.1. The molecule has 1 fully saturated rings. The summed E-state index contributed by atoms with van der Waals surface area (Å²) in [6, 6.07) is 2.76. The zero-order valence-corrected chi connectivity index (χ0v) is 11.0. The Morgan fingerprint density at radius 2 is 2.41 bits per heavy atom. The van der Waals surface area contributed by atoms with Crippen LogP contribution in [0.3, 0.4) is 0 Å². The van der Waals surface area contributed by atoms with E-state index in [1.807, 2.05) is 13.2 Å². The Morgan fingerprint density at radius 1 is 1.53 bits per heavy atom. The first-order valence-electron chi connectivity index (χ1n) is 6.74. The summed E-state index contributed by atoms with van der Waals surface area (Å²) < 4.78 is 2.26. The van der Waals surface area contributed by atoms with Crippen molar-refractivity contribution in [2.45, 2.75) is 32.2 Å². The van der Waals surface area contributed by atoms with Crippen molar-refractivity contribution >= 4 is 0 Å². The molecule has 1 saturated heterocycles. The van der Waals surface area contributed by atoms with Crippen molar-refractivity contribution in [3.63, 3.8) is 0 Å². The second kappa shape index (κ2) is 6.17. The van der Waals surface area contributed by atoms with E-state index in [0.29, 0.717) is 6.04 Å². The minimum absolute atomic E-state index is 0.592. The number of aryl methyl sites for hydroxylation is 1. The molecule has 1 aliphatic rings. The SMILES string of the molecule is CCN1CCC(n2nccc2CCCNC)C1. The largest absolute Gasteiger partial charge is 0.320 e. The van der Waals surface area contributed by atoms with Gasteiger partial charge in [0.05, 0.1) is 6.04 Å². The van der Waals surface area contributed by atoms with Gasteiger partial charge in [-0.05, 0) is 45.5 Å². The quantitative estimate of drug-likeness (QED) is 0.756. The molecule has 17 heavy (non-hydrogen) atoms. The van der Waals surface area contributed by atoms with Gasteiger partial charge in [0.1, 0.15) is 0 Å². The summed E-state index contributed by atoms with van der Waals surface area (Å²) in [5.41, 5.74) is 1.39. The minimum Gasteiger partial charge on any atom is -0.320 e. The fourth-order valence-corrected chi connectivity index (χ4v) is 2.61. The number of aromatic nitrogens is 2. The van der Waals surface area contributed by atoms with E-state index in [-0.39, 0.29) is 0 Å². The van der Waals surface area contributed by atoms with Crippen molar-refractivity contribution in [2.24, 2.45) is 0 Å². The molecule has 0 aliphatic carbocycles. The molecule has 1 aliphatic heterocycles. The molecule has 0 bridgehead atoms. The van der Waals surface area contributed by atoms with Crippen LogP contribution in [-0.4, -0.2) is 47.9 Å². The predicted molar refractivity (Wildman–Crippen MR) is 70.2 cm³/mol. The molecule has 2 rings (SSSR count). The standard InChI is InChI=1S/C13H24N4/c1-3-16-10-7-13(11-16)17-12(6-9-15-17)5-4-8-14-2/h6,9,13-14H,3-5,7-8,10-11H2,1-2H3. The highest BCUT2D eigenvalue weighted by Crippen LogP contribution is 2.22. The number of likely N-dealkylation sites (tertiary alicyclic amines) is 1. The van der Waals surface area contributed by atoms with Crippen LogP contribution >= 0.6 is 0 Å². The highest BCUT2D eigenvalue weighted by molar-refractivity contribution is 5.03. The zero-order valence-electron chi connectivity index (χ0n) is 11.0. The smallest absolute Gasteiger partial charge is 0.0661 e. The van der Waals surface area contributed by atoms with Crippen molar-refractivity contribution in [1.82, 2.24) is 20.0 Å². The maximum Gasteiger partial charge on any atom is 0.0661 e. The third-order valence-electron chi connectivity index (χ3n) is 3.65. The molecule has 1 aromatic rings. The van der Waals surface area contributed by atoms with E-state index < -0.39 is 0 Å². The summed E-state index contributed by atoms with van der Waals surface area (Å²) in [7, 11) is 2.01. The van der Waals surface area contributed by atoms with Crippen LogP contribution in [0.2, 0.25) is 0 Å². The van der Waals surface area contributed by atoms with Crippen LogP contribution in [0.4, 0.5) is 0 Å². The molecular weight excluding hydrogens is 212 g/mol. The lowest BCUT2D eigenvalue weighted by Gasteiger charge is -2.16. The molecule has 0 radical (unpaired) electrons. The lowest BCUT2D eigenvalue weighted by Crippen LogP contribution is -2.22. The van der Waals surface area contributed by atoms with Gasteiger partial charge in [-0.15, -0.1) is 0 Å². The third kappa shape index (κ3) is 3.07. The number of hydrogen-bond acceptors (Lipinski definition) is 3. The minimum atomic E-state index is 0.592. The van der Waals surface area contributed by atoms with Crippen molar-refractivity contribution in [2.75, 3.05) is 33.2 Å². The topological polar surface area (TPSA) is 33.1 Å². The van der Waals surface area contributed by atoms with Crippen LogP contribution in [-0.2, 0) is 6.42 Å². The number of rotatable bonds is 6. The van der Waals surface area contributed by atoms with Gasteiger partial charge in [-0.1, -0.05) is 6.92 Å². The summed E-state index contributed by atoms with van der Waals surface area (Å²) >= 11 is 0. The molecule has 1 unspecified atom stereocenters. The predicted octanol–water partition coefficient (Wildman–Crippen LogP) is 1.30. The van der Waals surface area contributed by atoms with E-state index in [9.17, 15) is 0 Å². The summed E-state index contributed by atoms with van der Waals surface area (Å²) in [6.45, 7) is 6.86. The first-order chi connectivity index (χ1) is 8.35. The first-order valence-corrected chi connectivity index (χ1v) is 6.74.